The van der Waals surface area contributed by atoms with E-state index in [0.717, 1.165) is 10.5 Å². The Morgan fingerprint density at radius 1 is 1.38 bits per heavy atom. The lowest BCUT2D eigenvalue weighted by Crippen LogP contribution is -2.17. The molecule has 2 rings (SSSR count). The number of hydrogen-bond donors (Lipinski definition) is 1. The van der Waals surface area contributed by atoms with E-state index in [0.29, 0.717) is 18.4 Å². The summed E-state index contributed by atoms with van der Waals surface area (Å²) >= 11 is 1.75. The molecule has 0 aliphatic heterocycles. The third-order valence-corrected chi connectivity index (χ3v) is 3.96. The lowest BCUT2D eigenvalue weighted by Gasteiger charge is -2.19. The number of benzene rings is 1. The molecule has 1 atom stereocenters. The fourth-order valence-corrected chi connectivity index (χ4v) is 2.89. The number of nitrogens with zero attached hydrogens (tertiary/aromatic N) is 1. The van der Waals surface area contributed by atoms with Gasteiger partial charge in [-0.1, -0.05) is 19.9 Å². The van der Waals surface area contributed by atoms with E-state index in [4.69, 9.17) is 5.73 Å². The van der Waals surface area contributed by atoms with Gasteiger partial charge < -0.3 is 5.73 Å². The lowest BCUT2D eigenvalue weighted by atomic mass is 9.88. The minimum Gasteiger partial charge on any atom is -0.330 e. The molecule has 86 valence electrons. The summed E-state index contributed by atoms with van der Waals surface area (Å²) in [5.74, 6) is 1.01. The maximum absolute atomic E-state index is 5.84. The van der Waals surface area contributed by atoms with Crippen molar-refractivity contribution in [3.8, 4) is 0 Å². The van der Waals surface area contributed by atoms with Crippen molar-refractivity contribution >= 4 is 21.6 Å². The van der Waals surface area contributed by atoms with E-state index in [1.54, 1.807) is 11.3 Å². The zero-order valence-corrected chi connectivity index (χ0v) is 10.8. The van der Waals surface area contributed by atoms with Crippen LogP contribution < -0.4 is 5.73 Å². The van der Waals surface area contributed by atoms with Crippen LogP contribution in [0.4, 0.5) is 0 Å². The van der Waals surface area contributed by atoms with E-state index in [2.05, 4.69) is 37.0 Å². The molecule has 0 spiro atoms. The normalized spacial score (nSPS) is 13.6. The van der Waals surface area contributed by atoms with Crippen LogP contribution in [0.2, 0.25) is 0 Å². The van der Waals surface area contributed by atoms with Gasteiger partial charge in [0, 0.05) is 0 Å². The summed E-state index contributed by atoms with van der Waals surface area (Å²) in [6, 6.07) is 6.55. The van der Waals surface area contributed by atoms with Crippen LogP contribution in [-0.4, -0.2) is 11.5 Å². The van der Waals surface area contributed by atoms with Crippen LogP contribution in [0.3, 0.4) is 0 Å². The van der Waals surface area contributed by atoms with Crippen LogP contribution in [0.5, 0.6) is 0 Å². The van der Waals surface area contributed by atoms with Gasteiger partial charge >= 0.3 is 0 Å². The Hall–Kier alpha value is -0.930. The van der Waals surface area contributed by atoms with Crippen molar-refractivity contribution in [2.75, 3.05) is 6.54 Å². The fraction of sp³-hybridized carbons (Fsp3) is 0.462. The molecule has 0 bridgehead atoms. The van der Waals surface area contributed by atoms with Crippen molar-refractivity contribution in [2.45, 2.75) is 26.7 Å². The monoisotopic (exact) mass is 234 g/mol. The summed E-state index contributed by atoms with van der Waals surface area (Å²) in [5, 5.41) is 1.13. The number of hydrogen-bond acceptors (Lipinski definition) is 3. The van der Waals surface area contributed by atoms with Gasteiger partial charge in [0.2, 0.25) is 0 Å². The molecule has 2 nitrogen and oxygen atoms in total. The summed E-state index contributed by atoms with van der Waals surface area (Å²) in [6.07, 6.45) is 0. The maximum Gasteiger partial charge on any atom is 0.0907 e. The van der Waals surface area contributed by atoms with Gasteiger partial charge in [0.1, 0.15) is 0 Å². The van der Waals surface area contributed by atoms with Crippen LogP contribution >= 0.6 is 11.3 Å². The van der Waals surface area contributed by atoms with Gasteiger partial charge in [-0.3, -0.25) is 0 Å². The van der Waals surface area contributed by atoms with Gasteiger partial charge in [0.05, 0.1) is 15.2 Å². The first-order valence-electron chi connectivity index (χ1n) is 5.69. The molecule has 0 amide bonds. The van der Waals surface area contributed by atoms with E-state index >= 15 is 0 Å². The van der Waals surface area contributed by atoms with E-state index in [-0.39, 0.29) is 0 Å². The highest BCUT2D eigenvalue weighted by Gasteiger charge is 2.14. The predicted molar refractivity (Wildman–Crippen MR) is 71.0 cm³/mol. The second-order valence-electron chi connectivity index (χ2n) is 4.55. The number of aromatic nitrogens is 1. The van der Waals surface area contributed by atoms with Crippen molar-refractivity contribution in [3.05, 3.63) is 28.8 Å². The highest BCUT2D eigenvalue weighted by atomic mass is 32.1. The second kappa shape index (κ2) is 4.52. The number of fused-ring (bicyclic) bond motifs is 1. The quantitative estimate of drug-likeness (QED) is 0.885. The molecule has 3 heteroatoms. The van der Waals surface area contributed by atoms with Gasteiger partial charge in [0.15, 0.2) is 0 Å². The Morgan fingerprint density at radius 2 is 2.12 bits per heavy atom. The van der Waals surface area contributed by atoms with E-state index in [9.17, 15) is 0 Å². The minimum atomic E-state index is 0.436. The molecule has 1 heterocycles. The largest absolute Gasteiger partial charge is 0.330 e. The van der Waals surface area contributed by atoms with Gasteiger partial charge in [-0.05, 0) is 43.0 Å². The van der Waals surface area contributed by atoms with Crippen molar-refractivity contribution in [1.29, 1.82) is 0 Å². The molecular formula is C13H18N2S. The molecular weight excluding hydrogens is 216 g/mol. The van der Waals surface area contributed by atoms with Gasteiger partial charge in [-0.25, -0.2) is 4.98 Å². The molecule has 0 saturated carbocycles. The second-order valence-corrected chi connectivity index (χ2v) is 5.78. The highest BCUT2D eigenvalue weighted by molar-refractivity contribution is 7.18. The molecule has 0 aliphatic carbocycles. The summed E-state index contributed by atoms with van der Waals surface area (Å²) in [4.78, 5) is 4.53. The van der Waals surface area contributed by atoms with E-state index in [1.807, 2.05) is 6.92 Å². The maximum atomic E-state index is 5.84. The van der Waals surface area contributed by atoms with E-state index < -0.39 is 0 Å². The number of thiazole rings is 1. The summed E-state index contributed by atoms with van der Waals surface area (Å²) in [7, 11) is 0. The topological polar surface area (TPSA) is 38.9 Å². The SMILES string of the molecule is Cc1nc2cc(C(CN)C(C)C)ccc2s1. The predicted octanol–water partition coefficient (Wildman–Crippen LogP) is 3.30. The number of rotatable bonds is 3. The first-order valence-corrected chi connectivity index (χ1v) is 6.50. The zero-order chi connectivity index (χ0) is 11.7. The zero-order valence-electron chi connectivity index (χ0n) is 10.0. The molecule has 0 radical (unpaired) electrons. The van der Waals surface area contributed by atoms with Crippen LogP contribution in [0, 0.1) is 12.8 Å². The average molecular weight is 234 g/mol. The average Bonchev–Trinajstić information content (AvgIpc) is 2.57. The molecule has 1 unspecified atom stereocenters. The fourth-order valence-electron chi connectivity index (χ4n) is 2.08. The number of aryl methyl sites for hydroxylation is 1. The Morgan fingerprint density at radius 3 is 2.75 bits per heavy atom. The van der Waals surface area contributed by atoms with Crippen molar-refractivity contribution in [1.82, 2.24) is 4.98 Å². The molecule has 1 aromatic carbocycles. The van der Waals surface area contributed by atoms with Crippen LogP contribution in [-0.2, 0) is 0 Å². The molecule has 0 aliphatic rings. The Balaban J connectivity index is 2.44. The molecule has 0 fully saturated rings. The Kier molecular flexibility index (Phi) is 3.26. The minimum absolute atomic E-state index is 0.436. The molecule has 1 aromatic heterocycles. The summed E-state index contributed by atoms with van der Waals surface area (Å²) in [5.41, 5.74) is 8.26. The van der Waals surface area contributed by atoms with Crippen molar-refractivity contribution in [2.24, 2.45) is 11.7 Å². The van der Waals surface area contributed by atoms with Crippen molar-refractivity contribution < 1.29 is 0 Å². The Labute approximate surface area is 101 Å². The molecule has 16 heavy (non-hydrogen) atoms. The first kappa shape index (κ1) is 11.6. The van der Waals surface area contributed by atoms with Gasteiger partial charge in [-0.2, -0.15) is 0 Å². The molecule has 2 aromatic rings. The summed E-state index contributed by atoms with van der Waals surface area (Å²) < 4.78 is 1.26. The Bertz CT molecular complexity index is 488. The first-order chi connectivity index (χ1) is 7.61. The smallest absolute Gasteiger partial charge is 0.0907 e. The highest BCUT2D eigenvalue weighted by Crippen LogP contribution is 2.28. The van der Waals surface area contributed by atoms with Crippen LogP contribution in [0.25, 0.3) is 10.2 Å². The number of nitrogens with two attached hydrogens (primary N) is 1. The molecule has 0 saturated heterocycles. The van der Waals surface area contributed by atoms with Gasteiger partial charge in [0.25, 0.3) is 0 Å². The lowest BCUT2D eigenvalue weighted by molar-refractivity contribution is 0.507. The van der Waals surface area contributed by atoms with Crippen LogP contribution in [0.1, 0.15) is 30.3 Å². The van der Waals surface area contributed by atoms with Crippen LogP contribution in [0.15, 0.2) is 18.2 Å². The van der Waals surface area contributed by atoms with E-state index in [1.165, 1.54) is 10.3 Å². The standard InChI is InChI=1S/C13H18N2S/c1-8(2)11(7-14)10-4-5-13-12(6-10)15-9(3)16-13/h4-6,8,11H,7,14H2,1-3H3. The third kappa shape index (κ3) is 2.11. The third-order valence-electron chi connectivity index (χ3n) is 3.01. The molecule has 2 N–H and O–H groups in total. The van der Waals surface area contributed by atoms with Crippen molar-refractivity contribution in [3.63, 3.8) is 0 Å². The van der Waals surface area contributed by atoms with Gasteiger partial charge in [-0.15, -0.1) is 11.3 Å². The summed E-state index contributed by atoms with van der Waals surface area (Å²) in [6.45, 7) is 7.18.